The SMILES string of the molecule is O=C1c2ccccc2C(c2ccccc2)(c2ccccc2)C(=O)N1Cc1ccccn1. The Morgan fingerprint density at radius 3 is 1.87 bits per heavy atom. The molecule has 2 heterocycles. The number of imide groups is 1. The minimum Gasteiger partial charge on any atom is -0.273 e. The maximum absolute atomic E-state index is 14.3. The van der Waals surface area contributed by atoms with Gasteiger partial charge < -0.3 is 0 Å². The number of hydrogen-bond acceptors (Lipinski definition) is 3. The molecule has 4 nitrogen and oxygen atoms in total. The maximum Gasteiger partial charge on any atom is 0.261 e. The molecule has 0 spiro atoms. The summed E-state index contributed by atoms with van der Waals surface area (Å²) in [4.78, 5) is 33.4. The molecule has 0 radical (unpaired) electrons. The minimum absolute atomic E-state index is 0.119. The number of rotatable bonds is 4. The van der Waals surface area contributed by atoms with Gasteiger partial charge in [-0.15, -0.1) is 0 Å². The summed E-state index contributed by atoms with van der Waals surface area (Å²) < 4.78 is 0. The van der Waals surface area contributed by atoms with Gasteiger partial charge in [0.15, 0.2) is 0 Å². The second-order valence-corrected chi connectivity index (χ2v) is 7.55. The second-order valence-electron chi connectivity index (χ2n) is 7.55. The van der Waals surface area contributed by atoms with Crippen LogP contribution >= 0.6 is 0 Å². The highest BCUT2D eigenvalue weighted by Crippen LogP contribution is 2.45. The Labute approximate surface area is 180 Å². The van der Waals surface area contributed by atoms with Crippen molar-refractivity contribution in [3.05, 3.63) is 137 Å². The van der Waals surface area contributed by atoms with E-state index in [4.69, 9.17) is 0 Å². The van der Waals surface area contributed by atoms with E-state index in [1.807, 2.05) is 97.1 Å². The van der Waals surface area contributed by atoms with E-state index in [9.17, 15) is 9.59 Å². The van der Waals surface area contributed by atoms with Crippen LogP contribution in [0.5, 0.6) is 0 Å². The first-order chi connectivity index (χ1) is 15.2. The summed E-state index contributed by atoms with van der Waals surface area (Å²) in [5.41, 5.74) is 2.44. The lowest BCUT2D eigenvalue weighted by Gasteiger charge is -2.42. The molecule has 0 unspecified atom stereocenters. The van der Waals surface area contributed by atoms with Gasteiger partial charge in [0.25, 0.3) is 5.91 Å². The molecule has 4 heteroatoms. The molecule has 5 rings (SSSR count). The molecule has 1 aliphatic rings. The monoisotopic (exact) mass is 404 g/mol. The summed E-state index contributed by atoms with van der Waals surface area (Å²) in [5.74, 6) is -0.562. The molecule has 0 saturated heterocycles. The molecule has 3 aromatic carbocycles. The Hall–Kier alpha value is -4.05. The van der Waals surface area contributed by atoms with Crippen LogP contribution in [0.3, 0.4) is 0 Å². The molecule has 0 N–H and O–H groups in total. The fourth-order valence-corrected chi connectivity index (χ4v) is 4.45. The summed E-state index contributed by atoms with van der Waals surface area (Å²) in [6.07, 6.45) is 1.67. The molecule has 0 bridgehead atoms. The first-order valence-electron chi connectivity index (χ1n) is 10.2. The van der Waals surface area contributed by atoms with Crippen LogP contribution in [0.1, 0.15) is 32.7 Å². The molecule has 4 aromatic rings. The molecule has 31 heavy (non-hydrogen) atoms. The lowest BCUT2D eigenvalue weighted by molar-refractivity contribution is -0.133. The van der Waals surface area contributed by atoms with Crippen molar-refractivity contribution in [2.75, 3.05) is 0 Å². The van der Waals surface area contributed by atoms with E-state index in [1.165, 1.54) is 4.90 Å². The molecule has 1 aromatic heterocycles. The molecular formula is C27H20N2O2. The van der Waals surface area contributed by atoms with Gasteiger partial charge in [-0.05, 0) is 34.9 Å². The topological polar surface area (TPSA) is 50.3 Å². The highest BCUT2D eigenvalue weighted by molar-refractivity contribution is 6.16. The molecular weight excluding hydrogens is 384 g/mol. The van der Waals surface area contributed by atoms with Gasteiger partial charge >= 0.3 is 0 Å². The quantitative estimate of drug-likeness (QED) is 0.467. The summed E-state index contributed by atoms with van der Waals surface area (Å²) >= 11 is 0. The number of aromatic nitrogens is 1. The average molecular weight is 404 g/mol. The largest absolute Gasteiger partial charge is 0.273 e. The predicted molar refractivity (Wildman–Crippen MR) is 118 cm³/mol. The van der Waals surface area contributed by atoms with Crippen LogP contribution in [0, 0.1) is 0 Å². The molecule has 0 atom stereocenters. The van der Waals surface area contributed by atoms with Crippen molar-refractivity contribution < 1.29 is 9.59 Å². The Kier molecular flexibility index (Phi) is 4.68. The number of fused-ring (bicyclic) bond motifs is 1. The summed E-state index contributed by atoms with van der Waals surface area (Å²) in [6.45, 7) is 0.119. The molecule has 2 amide bonds. The van der Waals surface area contributed by atoms with Crippen LogP contribution in [0.4, 0.5) is 0 Å². The third kappa shape index (κ3) is 2.96. The normalized spacial score (nSPS) is 14.9. The predicted octanol–water partition coefficient (Wildman–Crippen LogP) is 4.60. The maximum atomic E-state index is 14.3. The van der Waals surface area contributed by atoms with E-state index in [1.54, 1.807) is 12.3 Å². The van der Waals surface area contributed by atoms with Crippen LogP contribution in [0.2, 0.25) is 0 Å². The standard InChI is InChI=1S/C27H20N2O2/c30-25-23-16-7-8-17-24(23)27(20-11-3-1-4-12-20,21-13-5-2-6-14-21)26(31)29(25)19-22-15-9-10-18-28-22/h1-18H,19H2. The molecule has 150 valence electrons. The first-order valence-corrected chi connectivity index (χ1v) is 10.2. The summed E-state index contributed by atoms with van der Waals surface area (Å²) in [6, 6.07) is 32.3. The highest BCUT2D eigenvalue weighted by atomic mass is 16.2. The van der Waals surface area contributed by atoms with E-state index in [-0.39, 0.29) is 18.4 Å². The van der Waals surface area contributed by atoms with Crippen molar-refractivity contribution in [3.63, 3.8) is 0 Å². The zero-order valence-electron chi connectivity index (χ0n) is 16.8. The van der Waals surface area contributed by atoms with Crippen molar-refractivity contribution in [3.8, 4) is 0 Å². The fraction of sp³-hybridized carbons (Fsp3) is 0.0741. The zero-order chi connectivity index (χ0) is 21.3. The first kappa shape index (κ1) is 18.9. The van der Waals surface area contributed by atoms with E-state index in [0.717, 1.165) is 11.1 Å². The van der Waals surface area contributed by atoms with Gasteiger partial charge in [-0.2, -0.15) is 0 Å². The smallest absolute Gasteiger partial charge is 0.261 e. The summed E-state index contributed by atoms with van der Waals surface area (Å²) in [5, 5.41) is 0. The molecule has 0 saturated carbocycles. The van der Waals surface area contributed by atoms with Gasteiger partial charge in [-0.25, -0.2) is 0 Å². The number of carbonyl (C=O) groups is 2. The molecule has 0 aliphatic carbocycles. The Bertz CT molecular complexity index is 1200. The van der Waals surface area contributed by atoms with E-state index >= 15 is 0 Å². The minimum atomic E-state index is -1.12. The van der Waals surface area contributed by atoms with Crippen molar-refractivity contribution in [1.29, 1.82) is 0 Å². The number of nitrogens with zero attached hydrogens (tertiary/aromatic N) is 2. The van der Waals surface area contributed by atoms with Crippen molar-refractivity contribution in [2.45, 2.75) is 12.0 Å². The number of carbonyl (C=O) groups excluding carboxylic acids is 2. The van der Waals surface area contributed by atoms with Crippen LogP contribution in [-0.2, 0) is 16.8 Å². The average Bonchev–Trinajstić information content (AvgIpc) is 2.84. The van der Waals surface area contributed by atoms with Gasteiger partial charge in [0.1, 0.15) is 5.41 Å². The number of hydrogen-bond donors (Lipinski definition) is 0. The molecule has 0 fully saturated rings. The van der Waals surface area contributed by atoms with Gasteiger partial charge in [-0.1, -0.05) is 84.9 Å². The van der Waals surface area contributed by atoms with Crippen LogP contribution in [0.25, 0.3) is 0 Å². The third-order valence-electron chi connectivity index (χ3n) is 5.83. The number of amides is 2. The molecule has 1 aliphatic heterocycles. The van der Waals surface area contributed by atoms with Gasteiger partial charge in [0.05, 0.1) is 12.2 Å². The van der Waals surface area contributed by atoms with Crippen LogP contribution in [-0.4, -0.2) is 21.7 Å². The Balaban J connectivity index is 1.81. The number of pyridine rings is 1. The van der Waals surface area contributed by atoms with E-state index < -0.39 is 5.41 Å². The van der Waals surface area contributed by atoms with Crippen LogP contribution in [0.15, 0.2) is 109 Å². The van der Waals surface area contributed by atoms with Gasteiger partial charge in [0.2, 0.25) is 5.91 Å². The van der Waals surface area contributed by atoms with Gasteiger partial charge in [0, 0.05) is 11.8 Å². The summed E-state index contributed by atoms with van der Waals surface area (Å²) in [7, 11) is 0. The van der Waals surface area contributed by atoms with Crippen molar-refractivity contribution in [2.24, 2.45) is 0 Å². The number of benzene rings is 3. The lowest BCUT2D eigenvalue weighted by Crippen LogP contribution is -2.55. The lowest BCUT2D eigenvalue weighted by atomic mass is 9.65. The van der Waals surface area contributed by atoms with E-state index in [0.29, 0.717) is 16.8 Å². The zero-order valence-corrected chi connectivity index (χ0v) is 16.8. The van der Waals surface area contributed by atoms with Crippen LogP contribution < -0.4 is 0 Å². The second kappa shape index (κ2) is 7.65. The fourth-order valence-electron chi connectivity index (χ4n) is 4.45. The highest BCUT2D eigenvalue weighted by Gasteiger charge is 2.52. The van der Waals surface area contributed by atoms with Gasteiger partial charge in [-0.3, -0.25) is 19.5 Å². The third-order valence-corrected chi connectivity index (χ3v) is 5.83. The Morgan fingerprint density at radius 2 is 1.26 bits per heavy atom. The van der Waals surface area contributed by atoms with Crippen molar-refractivity contribution in [1.82, 2.24) is 9.88 Å². The van der Waals surface area contributed by atoms with E-state index in [2.05, 4.69) is 4.98 Å². The van der Waals surface area contributed by atoms with Crippen molar-refractivity contribution >= 4 is 11.8 Å². The Morgan fingerprint density at radius 1 is 0.677 bits per heavy atom.